The summed E-state index contributed by atoms with van der Waals surface area (Å²) in [6, 6.07) is 13.8. The molecule has 176 valence electrons. The van der Waals surface area contributed by atoms with Crippen molar-refractivity contribution in [1.82, 2.24) is 9.71 Å². The number of methoxy groups -OCH3 is 1. The van der Waals surface area contributed by atoms with Crippen LogP contribution in [0.1, 0.15) is 23.3 Å². The van der Waals surface area contributed by atoms with Crippen LogP contribution in [0.15, 0.2) is 76.8 Å². The fourth-order valence-electron chi connectivity index (χ4n) is 3.34. The topological polar surface area (TPSA) is 112 Å². The van der Waals surface area contributed by atoms with Crippen LogP contribution >= 0.6 is 0 Å². The average molecular weight is 491 g/mol. The number of sulfonamides is 1. The van der Waals surface area contributed by atoms with Gasteiger partial charge in [-0.1, -0.05) is 6.07 Å². The molecule has 0 aliphatic carbocycles. The van der Waals surface area contributed by atoms with E-state index in [1.165, 1.54) is 43.8 Å². The van der Waals surface area contributed by atoms with Crippen molar-refractivity contribution in [2.24, 2.45) is 0 Å². The lowest BCUT2D eigenvalue weighted by Crippen LogP contribution is -2.32. The van der Waals surface area contributed by atoms with Crippen molar-refractivity contribution >= 4 is 19.9 Å². The van der Waals surface area contributed by atoms with Crippen LogP contribution in [0.3, 0.4) is 0 Å². The van der Waals surface area contributed by atoms with E-state index in [-0.39, 0.29) is 16.3 Å². The maximum atomic E-state index is 13.5. The molecule has 0 saturated heterocycles. The molecule has 33 heavy (non-hydrogen) atoms. The quantitative estimate of drug-likeness (QED) is 0.464. The summed E-state index contributed by atoms with van der Waals surface area (Å²) >= 11 is 0. The molecule has 8 nitrogen and oxygen atoms in total. The van der Waals surface area contributed by atoms with E-state index in [4.69, 9.17) is 9.47 Å². The number of hydrogen-bond donors (Lipinski definition) is 1. The monoisotopic (exact) mass is 490 g/mol. The largest absolute Gasteiger partial charge is 0.497 e. The molecule has 2 aromatic carbocycles. The standard InChI is InChI=1S/C23H26N2O6S2/c1-4-31-19-7-10-21(11-8-19)32(26,27)23(18-6-5-13-24-15-18)16-25-33(28,29)22-12-9-20(30-3)14-17(22)2/h5-15,23,25H,4,16H2,1-3H3. The van der Waals surface area contributed by atoms with Crippen molar-refractivity contribution in [2.75, 3.05) is 20.3 Å². The third-order valence-corrected chi connectivity index (χ3v) is 8.73. The van der Waals surface area contributed by atoms with E-state index in [1.54, 1.807) is 37.3 Å². The maximum Gasteiger partial charge on any atom is 0.240 e. The molecule has 1 unspecified atom stereocenters. The Morgan fingerprint density at radius 2 is 1.70 bits per heavy atom. The molecule has 0 aliphatic rings. The molecule has 3 rings (SSSR count). The van der Waals surface area contributed by atoms with Gasteiger partial charge in [-0.2, -0.15) is 0 Å². The molecule has 0 spiro atoms. The summed E-state index contributed by atoms with van der Waals surface area (Å²) in [5.74, 6) is 1.07. The van der Waals surface area contributed by atoms with Crippen LogP contribution in [0.4, 0.5) is 0 Å². The van der Waals surface area contributed by atoms with Gasteiger partial charge in [0.05, 0.1) is 23.5 Å². The van der Waals surface area contributed by atoms with Gasteiger partial charge in [-0.25, -0.2) is 21.6 Å². The van der Waals surface area contributed by atoms with Gasteiger partial charge in [0.25, 0.3) is 0 Å². The molecule has 0 amide bonds. The normalized spacial score (nSPS) is 12.8. The van der Waals surface area contributed by atoms with E-state index in [1.807, 2.05) is 6.92 Å². The van der Waals surface area contributed by atoms with Gasteiger partial charge in [-0.15, -0.1) is 0 Å². The SMILES string of the molecule is CCOc1ccc(S(=O)(=O)C(CNS(=O)(=O)c2ccc(OC)cc2C)c2cccnc2)cc1. The molecule has 10 heteroatoms. The van der Waals surface area contributed by atoms with Crippen molar-refractivity contribution in [1.29, 1.82) is 0 Å². The third kappa shape index (κ3) is 5.70. The van der Waals surface area contributed by atoms with Crippen molar-refractivity contribution in [3.8, 4) is 11.5 Å². The molecule has 3 aromatic rings. The highest BCUT2D eigenvalue weighted by atomic mass is 32.2. The number of ether oxygens (including phenoxy) is 2. The Hall–Kier alpha value is -2.95. The minimum Gasteiger partial charge on any atom is -0.497 e. The Morgan fingerprint density at radius 1 is 1.00 bits per heavy atom. The van der Waals surface area contributed by atoms with E-state index in [9.17, 15) is 16.8 Å². The van der Waals surface area contributed by atoms with Crippen LogP contribution in [0.25, 0.3) is 0 Å². The van der Waals surface area contributed by atoms with Crippen LogP contribution in [0.5, 0.6) is 11.5 Å². The number of benzene rings is 2. The summed E-state index contributed by atoms with van der Waals surface area (Å²) < 4.78 is 65.9. The zero-order chi connectivity index (χ0) is 24.1. The molecule has 0 fully saturated rings. The van der Waals surface area contributed by atoms with Gasteiger partial charge in [-0.3, -0.25) is 4.98 Å². The molecular weight excluding hydrogens is 464 g/mol. The number of rotatable bonds is 10. The lowest BCUT2D eigenvalue weighted by molar-refractivity contribution is 0.340. The van der Waals surface area contributed by atoms with Crippen LogP contribution in [0, 0.1) is 6.92 Å². The highest BCUT2D eigenvalue weighted by molar-refractivity contribution is 7.92. The van der Waals surface area contributed by atoms with E-state index in [0.717, 1.165) is 0 Å². The Kier molecular flexibility index (Phi) is 7.72. The zero-order valence-electron chi connectivity index (χ0n) is 18.6. The van der Waals surface area contributed by atoms with Gasteiger partial charge < -0.3 is 9.47 Å². The summed E-state index contributed by atoms with van der Waals surface area (Å²) in [4.78, 5) is 4.11. The first-order chi connectivity index (χ1) is 15.7. The van der Waals surface area contributed by atoms with E-state index < -0.39 is 25.1 Å². The Morgan fingerprint density at radius 3 is 2.27 bits per heavy atom. The van der Waals surface area contributed by atoms with E-state index in [0.29, 0.717) is 29.2 Å². The second kappa shape index (κ2) is 10.3. The van der Waals surface area contributed by atoms with Gasteiger partial charge >= 0.3 is 0 Å². The van der Waals surface area contributed by atoms with Crippen molar-refractivity contribution in [3.05, 3.63) is 78.1 Å². The summed E-state index contributed by atoms with van der Waals surface area (Å²) in [6.45, 7) is 3.57. The van der Waals surface area contributed by atoms with Gasteiger partial charge in [0, 0.05) is 18.9 Å². The number of aryl methyl sites for hydroxylation is 1. The molecule has 0 aliphatic heterocycles. The van der Waals surface area contributed by atoms with Crippen LogP contribution in [-0.2, 0) is 19.9 Å². The fourth-order valence-corrected chi connectivity index (χ4v) is 6.36. The Balaban J connectivity index is 1.94. The first kappa shape index (κ1) is 24.7. The number of aromatic nitrogens is 1. The summed E-state index contributed by atoms with van der Waals surface area (Å²) in [6.07, 6.45) is 2.94. The lowest BCUT2D eigenvalue weighted by atomic mass is 10.2. The number of nitrogens with one attached hydrogen (secondary N) is 1. The van der Waals surface area contributed by atoms with E-state index >= 15 is 0 Å². The fraction of sp³-hybridized carbons (Fsp3) is 0.261. The molecule has 1 heterocycles. The highest BCUT2D eigenvalue weighted by Crippen LogP contribution is 2.30. The van der Waals surface area contributed by atoms with Crippen LogP contribution in [-0.4, -0.2) is 42.1 Å². The number of hydrogen-bond acceptors (Lipinski definition) is 7. The molecule has 1 aromatic heterocycles. The second-order valence-electron chi connectivity index (χ2n) is 7.21. The predicted molar refractivity (Wildman–Crippen MR) is 125 cm³/mol. The van der Waals surface area contributed by atoms with E-state index in [2.05, 4.69) is 9.71 Å². The van der Waals surface area contributed by atoms with Crippen molar-refractivity contribution < 1.29 is 26.3 Å². The average Bonchev–Trinajstić information content (AvgIpc) is 2.80. The Labute approximate surface area is 194 Å². The minimum atomic E-state index is -3.99. The smallest absolute Gasteiger partial charge is 0.240 e. The van der Waals surface area contributed by atoms with Crippen LogP contribution in [0.2, 0.25) is 0 Å². The number of nitrogens with zero attached hydrogens (tertiary/aromatic N) is 1. The van der Waals surface area contributed by atoms with Crippen molar-refractivity contribution in [3.63, 3.8) is 0 Å². The second-order valence-corrected chi connectivity index (χ2v) is 11.1. The number of pyridine rings is 1. The molecule has 0 radical (unpaired) electrons. The predicted octanol–water partition coefficient (Wildman–Crippen LogP) is 3.29. The first-order valence-corrected chi connectivity index (χ1v) is 13.2. The summed E-state index contributed by atoms with van der Waals surface area (Å²) in [7, 11) is -6.45. The third-order valence-electron chi connectivity index (χ3n) is 5.02. The molecule has 1 atom stereocenters. The molecule has 0 saturated carbocycles. The highest BCUT2D eigenvalue weighted by Gasteiger charge is 2.31. The van der Waals surface area contributed by atoms with Gasteiger partial charge in [-0.05, 0) is 73.5 Å². The van der Waals surface area contributed by atoms with Crippen molar-refractivity contribution in [2.45, 2.75) is 28.9 Å². The first-order valence-electron chi connectivity index (χ1n) is 10.2. The zero-order valence-corrected chi connectivity index (χ0v) is 20.2. The number of sulfone groups is 1. The van der Waals surface area contributed by atoms with Gasteiger partial charge in [0.2, 0.25) is 10.0 Å². The van der Waals surface area contributed by atoms with Gasteiger partial charge in [0.15, 0.2) is 9.84 Å². The minimum absolute atomic E-state index is 0.0479. The maximum absolute atomic E-state index is 13.5. The van der Waals surface area contributed by atoms with Crippen LogP contribution < -0.4 is 14.2 Å². The molecular formula is C23H26N2O6S2. The summed E-state index contributed by atoms with van der Waals surface area (Å²) in [5, 5.41) is -1.18. The van der Waals surface area contributed by atoms with Gasteiger partial charge in [0.1, 0.15) is 16.7 Å². The Bertz CT molecular complexity index is 1290. The molecule has 0 bridgehead atoms. The lowest BCUT2D eigenvalue weighted by Gasteiger charge is -2.19. The molecule has 1 N–H and O–H groups in total. The summed E-state index contributed by atoms with van der Waals surface area (Å²) in [5.41, 5.74) is 0.856.